The molecule has 3 heteroatoms. The summed E-state index contributed by atoms with van der Waals surface area (Å²) in [6, 6.07) is 8.10. The minimum absolute atomic E-state index is 0.420. The van der Waals surface area contributed by atoms with Crippen molar-refractivity contribution in [2.24, 2.45) is 5.73 Å². The molecule has 0 atom stereocenters. The van der Waals surface area contributed by atoms with E-state index in [2.05, 4.69) is 11.1 Å². The first-order valence-corrected chi connectivity index (χ1v) is 4.84. The van der Waals surface area contributed by atoms with Gasteiger partial charge in [0.2, 0.25) is 0 Å². The second-order valence-corrected chi connectivity index (χ2v) is 3.69. The van der Waals surface area contributed by atoms with Crippen molar-refractivity contribution in [3.05, 3.63) is 40.7 Å². The number of rotatable bonds is 1. The van der Waals surface area contributed by atoms with E-state index >= 15 is 0 Å². The van der Waals surface area contributed by atoms with Crippen LogP contribution in [0.5, 0.6) is 0 Å². The summed E-state index contributed by atoms with van der Waals surface area (Å²) in [7, 11) is 0. The van der Waals surface area contributed by atoms with E-state index in [-0.39, 0.29) is 0 Å². The third-order valence-electron chi connectivity index (χ3n) is 2.20. The number of benzene rings is 1. The van der Waals surface area contributed by atoms with E-state index in [1.165, 1.54) is 5.56 Å². The van der Waals surface area contributed by atoms with Crippen molar-refractivity contribution in [3.63, 3.8) is 0 Å². The van der Waals surface area contributed by atoms with E-state index in [1.54, 1.807) is 0 Å². The average molecular weight is 207 g/mol. The van der Waals surface area contributed by atoms with Crippen LogP contribution in [-0.4, -0.2) is 4.98 Å². The van der Waals surface area contributed by atoms with Gasteiger partial charge in [-0.05, 0) is 24.4 Å². The predicted molar refractivity (Wildman–Crippen MR) is 59.4 cm³/mol. The lowest BCUT2D eigenvalue weighted by Gasteiger charge is -2.04. The Balaban J connectivity index is 2.76. The molecular weight excluding hydrogens is 196 g/mol. The molecule has 1 heterocycles. The van der Waals surface area contributed by atoms with Gasteiger partial charge in [0.15, 0.2) is 0 Å². The number of aromatic nitrogens is 1. The number of hydrogen-bond acceptors (Lipinski definition) is 2. The molecule has 0 aliphatic heterocycles. The molecule has 0 fully saturated rings. The van der Waals surface area contributed by atoms with Gasteiger partial charge < -0.3 is 5.73 Å². The number of nitrogens with two attached hydrogens (primary N) is 1. The molecular formula is C11H11ClN2. The first-order valence-electron chi connectivity index (χ1n) is 4.46. The molecule has 0 unspecified atom stereocenters. The predicted octanol–water partition coefficient (Wildman–Crippen LogP) is 2.66. The number of halogens is 1. The van der Waals surface area contributed by atoms with Crippen LogP contribution in [0.2, 0.25) is 5.15 Å². The van der Waals surface area contributed by atoms with Crippen molar-refractivity contribution in [2.75, 3.05) is 0 Å². The van der Waals surface area contributed by atoms with E-state index in [4.69, 9.17) is 17.3 Å². The number of fused-ring (bicyclic) bond motifs is 1. The van der Waals surface area contributed by atoms with Gasteiger partial charge in [0.05, 0.1) is 5.69 Å². The molecule has 1 aromatic carbocycles. The monoisotopic (exact) mass is 206 g/mol. The molecule has 0 aliphatic carbocycles. The Labute approximate surface area is 87.7 Å². The standard InChI is InChI=1S/C11H11ClN2/c1-7-2-3-8-5-9(6-13)14-11(12)10(8)4-7/h2-5H,6,13H2,1H3. The minimum atomic E-state index is 0.420. The molecule has 0 amide bonds. The van der Waals surface area contributed by atoms with Crippen molar-refractivity contribution < 1.29 is 0 Å². The van der Waals surface area contributed by atoms with Crippen molar-refractivity contribution in [1.82, 2.24) is 4.98 Å². The largest absolute Gasteiger partial charge is 0.325 e. The molecule has 2 rings (SSSR count). The Morgan fingerprint density at radius 1 is 1.36 bits per heavy atom. The zero-order valence-electron chi connectivity index (χ0n) is 7.92. The number of aryl methyl sites for hydroxylation is 1. The quantitative estimate of drug-likeness (QED) is 0.729. The van der Waals surface area contributed by atoms with Crippen LogP contribution in [0.4, 0.5) is 0 Å². The van der Waals surface area contributed by atoms with Crippen LogP contribution < -0.4 is 5.73 Å². The summed E-state index contributed by atoms with van der Waals surface area (Å²) in [6.07, 6.45) is 0. The van der Waals surface area contributed by atoms with Crippen molar-refractivity contribution in [1.29, 1.82) is 0 Å². The Morgan fingerprint density at radius 2 is 2.14 bits per heavy atom. The van der Waals surface area contributed by atoms with Crippen LogP contribution in [0.3, 0.4) is 0 Å². The van der Waals surface area contributed by atoms with Gasteiger partial charge in [-0.1, -0.05) is 29.3 Å². The molecule has 0 spiro atoms. The van der Waals surface area contributed by atoms with E-state index < -0.39 is 0 Å². The Kier molecular flexibility index (Phi) is 2.40. The second-order valence-electron chi connectivity index (χ2n) is 3.33. The van der Waals surface area contributed by atoms with Crippen molar-refractivity contribution in [2.45, 2.75) is 13.5 Å². The summed E-state index contributed by atoms with van der Waals surface area (Å²) in [5.41, 5.74) is 7.53. The number of nitrogens with zero attached hydrogens (tertiary/aromatic N) is 1. The highest BCUT2D eigenvalue weighted by atomic mass is 35.5. The van der Waals surface area contributed by atoms with Crippen molar-refractivity contribution in [3.8, 4) is 0 Å². The average Bonchev–Trinajstić information content (AvgIpc) is 2.19. The van der Waals surface area contributed by atoms with Gasteiger partial charge in [-0.3, -0.25) is 0 Å². The maximum Gasteiger partial charge on any atom is 0.137 e. The highest BCUT2D eigenvalue weighted by molar-refractivity contribution is 6.34. The lowest BCUT2D eigenvalue weighted by atomic mass is 10.1. The third-order valence-corrected chi connectivity index (χ3v) is 2.49. The van der Waals surface area contributed by atoms with E-state index in [1.807, 2.05) is 25.1 Å². The molecule has 2 aromatic rings. The zero-order chi connectivity index (χ0) is 10.1. The Morgan fingerprint density at radius 3 is 2.86 bits per heavy atom. The van der Waals surface area contributed by atoms with Gasteiger partial charge in [0, 0.05) is 11.9 Å². The minimum Gasteiger partial charge on any atom is -0.325 e. The normalized spacial score (nSPS) is 10.8. The summed E-state index contributed by atoms with van der Waals surface area (Å²) < 4.78 is 0. The molecule has 72 valence electrons. The highest BCUT2D eigenvalue weighted by Gasteiger charge is 2.02. The van der Waals surface area contributed by atoms with Gasteiger partial charge in [-0.2, -0.15) is 0 Å². The van der Waals surface area contributed by atoms with Crippen LogP contribution in [0, 0.1) is 6.92 Å². The van der Waals surface area contributed by atoms with E-state index in [9.17, 15) is 0 Å². The fraction of sp³-hybridized carbons (Fsp3) is 0.182. The van der Waals surface area contributed by atoms with Crippen LogP contribution >= 0.6 is 11.6 Å². The topological polar surface area (TPSA) is 38.9 Å². The van der Waals surface area contributed by atoms with Gasteiger partial charge in [-0.15, -0.1) is 0 Å². The molecule has 0 saturated carbocycles. The van der Waals surface area contributed by atoms with Crippen LogP contribution in [0.1, 0.15) is 11.3 Å². The molecule has 1 aromatic heterocycles. The molecule has 2 nitrogen and oxygen atoms in total. The second kappa shape index (κ2) is 3.56. The molecule has 0 saturated heterocycles. The van der Waals surface area contributed by atoms with Gasteiger partial charge in [0.25, 0.3) is 0 Å². The maximum atomic E-state index is 6.05. The molecule has 0 radical (unpaired) electrons. The Hall–Kier alpha value is -1.12. The third kappa shape index (κ3) is 1.59. The zero-order valence-corrected chi connectivity index (χ0v) is 8.67. The lowest BCUT2D eigenvalue weighted by Crippen LogP contribution is -1.99. The molecule has 14 heavy (non-hydrogen) atoms. The van der Waals surface area contributed by atoms with Crippen LogP contribution in [0.15, 0.2) is 24.3 Å². The van der Waals surface area contributed by atoms with Gasteiger partial charge >= 0.3 is 0 Å². The van der Waals surface area contributed by atoms with Crippen molar-refractivity contribution >= 4 is 22.4 Å². The van der Waals surface area contributed by atoms with Gasteiger partial charge in [-0.25, -0.2) is 4.98 Å². The first kappa shape index (κ1) is 9.44. The maximum absolute atomic E-state index is 6.05. The summed E-state index contributed by atoms with van der Waals surface area (Å²) >= 11 is 6.05. The summed E-state index contributed by atoms with van der Waals surface area (Å²) in [6.45, 7) is 2.45. The SMILES string of the molecule is Cc1ccc2cc(CN)nc(Cl)c2c1. The molecule has 2 N–H and O–H groups in total. The number of hydrogen-bond donors (Lipinski definition) is 1. The fourth-order valence-corrected chi connectivity index (χ4v) is 1.75. The summed E-state index contributed by atoms with van der Waals surface area (Å²) in [5, 5.41) is 2.62. The fourth-order valence-electron chi connectivity index (χ4n) is 1.48. The summed E-state index contributed by atoms with van der Waals surface area (Å²) in [5.74, 6) is 0. The number of pyridine rings is 1. The van der Waals surface area contributed by atoms with Gasteiger partial charge in [0.1, 0.15) is 5.15 Å². The van der Waals surface area contributed by atoms with E-state index in [0.29, 0.717) is 11.7 Å². The highest BCUT2D eigenvalue weighted by Crippen LogP contribution is 2.23. The molecule has 0 aliphatic rings. The smallest absolute Gasteiger partial charge is 0.137 e. The molecule has 0 bridgehead atoms. The summed E-state index contributed by atoms with van der Waals surface area (Å²) in [4.78, 5) is 4.20. The van der Waals surface area contributed by atoms with Crippen LogP contribution in [-0.2, 0) is 6.54 Å². The first-order chi connectivity index (χ1) is 6.70. The van der Waals surface area contributed by atoms with E-state index in [0.717, 1.165) is 16.5 Å². The Bertz CT molecular complexity index is 480. The lowest BCUT2D eigenvalue weighted by molar-refractivity contribution is 0.998. The van der Waals surface area contributed by atoms with Crippen LogP contribution in [0.25, 0.3) is 10.8 Å².